The van der Waals surface area contributed by atoms with Crippen LogP contribution < -0.4 is 0 Å². The van der Waals surface area contributed by atoms with Gasteiger partial charge in [-0.05, 0) is 24.7 Å². The van der Waals surface area contributed by atoms with Gasteiger partial charge in [0.15, 0.2) is 0 Å². The van der Waals surface area contributed by atoms with Gasteiger partial charge in [0.25, 0.3) is 0 Å². The highest BCUT2D eigenvalue weighted by Gasteiger charge is 2.36. The topological polar surface area (TPSA) is 77.8 Å². The second kappa shape index (κ2) is 5.69. The molecule has 1 saturated carbocycles. The van der Waals surface area contributed by atoms with Crippen LogP contribution in [0.25, 0.3) is 0 Å². The largest absolute Gasteiger partial charge is 0.481 e. The van der Waals surface area contributed by atoms with E-state index in [-0.39, 0.29) is 24.9 Å². The fourth-order valence-electron chi connectivity index (χ4n) is 3.16. The molecule has 102 valence electrons. The Kier molecular flexibility index (Phi) is 4.22. The van der Waals surface area contributed by atoms with Crippen LogP contribution >= 0.6 is 0 Å². The first-order valence-electron chi connectivity index (χ1n) is 6.73. The number of hydrogen-bond acceptors (Lipinski definition) is 3. The first kappa shape index (κ1) is 13.3. The van der Waals surface area contributed by atoms with Crippen LogP contribution in [0.5, 0.6) is 0 Å². The molecule has 0 spiro atoms. The van der Waals surface area contributed by atoms with Crippen LogP contribution in [-0.4, -0.2) is 46.7 Å². The Bertz CT molecular complexity index is 331. The summed E-state index contributed by atoms with van der Waals surface area (Å²) in [5.74, 6) is -0.873. The number of nitrogens with zero attached hydrogens (tertiary/aromatic N) is 1. The van der Waals surface area contributed by atoms with E-state index in [0.29, 0.717) is 19.0 Å². The van der Waals surface area contributed by atoms with Crippen LogP contribution in [0.1, 0.15) is 32.1 Å². The van der Waals surface area contributed by atoms with Crippen LogP contribution in [0, 0.1) is 17.8 Å². The van der Waals surface area contributed by atoms with Crippen molar-refractivity contribution < 1.29 is 19.8 Å². The summed E-state index contributed by atoms with van der Waals surface area (Å²) in [5.41, 5.74) is 0. The summed E-state index contributed by atoms with van der Waals surface area (Å²) in [7, 11) is 0. The van der Waals surface area contributed by atoms with Crippen molar-refractivity contribution in [1.29, 1.82) is 0 Å². The smallest absolute Gasteiger partial charge is 0.308 e. The lowest BCUT2D eigenvalue weighted by Crippen LogP contribution is -2.37. The number of rotatable bonds is 4. The van der Waals surface area contributed by atoms with Crippen LogP contribution in [0.15, 0.2) is 0 Å². The van der Waals surface area contributed by atoms with E-state index in [0.717, 1.165) is 25.7 Å². The summed E-state index contributed by atoms with van der Waals surface area (Å²) in [4.78, 5) is 24.3. The first-order valence-corrected chi connectivity index (χ1v) is 6.73. The second-order valence-corrected chi connectivity index (χ2v) is 5.53. The van der Waals surface area contributed by atoms with E-state index in [4.69, 9.17) is 5.11 Å². The van der Waals surface area contributed by atoms with Gasteiger partial charge in [0.2, 0.25) is 5.91 Å². The van der Waals surface area contributed by atoms with E-state index in [2.05, 4.69) is 0 Å². The molecule has 2 fully saturated rings. The Balaban J connectivity index is 1.92. The molecule has 0 bridgehead atoms. The van der Waals surface area contributed by atoms with E-state index in [1.165, 1.54) is 0 Å². The third-order valence-electron chi connectivity index (χ3n) is 4.32. The van der Waals surface area contributed by atoms with Crippen LogP contribution in [-0.2, 0) is 9.59 Å². The average molecular weight is 255 g/mol. The van der Waals surface area contributed by atoms with Crippen molar-refractivity contribution in [3.05, 3.63) is 0 Å². The fourth-order valence-corrected chi connectivity index (χ4v) is 3.16. The molecule has 1 heterocycles. The molecule has 18 heavy (non-hydrogen) atoms. The molecule has 2 rings (SSSR count). The van der Waals surface area contributed by atoms with E-state index in [1.807, 2.05) is 0 Å². The summed E-state index contributed by atoms with van der Waals surface area (Å²) in [6.07, 6.45) is 4.48. The van der Waals surface area contributed by atoms with Gasteiger partial charge < -0.3 is 15.1 Å². The van der Waals surface area contributed by atoms with Crippen LogP contribution in [0.3, 0.4) is 0 Å². The Labute approximate surface area is 107 Å². The van der Waals surface area contributed by atoms with Gasteiger partial charge in [0.1, 0.15) is 0 Å². The molecule has 1 amide bonds. The number of amides is 1. The lowest BCUT2D eigenvalue weighted by Gasteiger charge is -2.33. The van der Waals surface area contributed by atoms with E-state index in [9.17, 15) is 14.7 Å². The molecular weight excluding hydrogens is 234 g/mol. The maximum absolute atomic E-state index is 11.8. The second-order valence-electron chi connectivity index (χ2n) is 5.53. The molecule has 0 radical (unpaired) electrons. The van der Waals surface area contributed by atoms with E-state index in [1.54, 1.807) is 4.90 Å². The van der Waals surface area contributed by atoms with Gasteiger partial charge >= 0.3 is 5.97 Å². The number of aliphatic hydroxyl groups excluding tert-OH is 1. The normalized spacial score (nSPS) is 32.8. The maximum atomic E-state index is 11.8. The molecule has 1 aliphatic heterocycles. The lowest BCUT2D eigenvalue weighted by molar-refractivity contribution is -0.141. The highest BCUT2D eigenvalue weighted by Crippen LogP contribution is 2.31. The third kappa shape index (κ3) is 2.83. The molecule has 0 aromatic rings. The van der Waals surface area contributed by atoms with Crippen molar-refractivity contribution in [2.75, 3.05) is 19.7 Å². The summed E-state index contributed by atoms with van der Waals surface area (Å²) >= 11 is 0. The molecule has 3 atom stereocenters. The van der Waals surface area contributed by atoms with Gasteiger partial charge in [0, 0.05) is 26.1 Å². The molecule has 0 aromatic heterocycles. The molecule has 1 aliphatic carbocycles. The fraction of sp³-hybridized carbons (Fsp3) is 0.846. The number of carbonyl (C=O) groups excluding carboxylic acids is 1. The number of carboxylic acid groups (broad SMARTS) is 1. The van der Waals surface area contributed by atoms with Gasteiger partial charge in [-0.25, -0.2) is 0 Å². The Morgan fingerprint density at radius 3 is 2.50 bits per heavy atom. The molecule has 1 saturated heterocycles. The number of hydrogen-bond donors (Lipinski definition) is 2. The van der Waals surface area contributed by atoms with E-state index >= 15 is 0 Å². The van der Waals surface area contributed by atoms with Crippen molar-refractivity contribution in [2.45, 2.75) is 32.1 Å². The SMILES string of the molecule is O=C(O)C1CC(=O)N(CC2CCCCC2CO)C1. The molecule has 3 unspecified atom stereocenters. The standard InChI is InChI=1S/C13H21NO4/c15-8-10-4-2-1-3-9(10)6-14-7-11(13(17)18)5-12(14)16/h9-11,15H,1-8H2,(H,17,18). The van der Waals surface area contributed by atoms with Gasteiger partial charge in [-0.1, -0.05) is 12.8 Å². The number of likely N-dealkylation sites (tertiary alicyclic amines) is 1. The number of aliphatic carboxylic acids is 1. The third-order valence-corrected chi connectivity index (χ3v) is 4.32. The minimum absolute atomic E-state index is 0.0512. The van der Waals surface area contributed by atoms with Gasteiger partial charge in [-0.2, -0.15) is 0 Å². The highest BCUT2D eigenvalue weighted by atomic mass is 16.4. The highest BCUT2D eigenvalue weighted by molar-refractivity contribution is 5.86. The summed E-state index contributed by atoms with van der Waals surface area (Å²) in [6.45, 7) is 1.13. The summed E-state index contributed by atoms with van der Waals surface area (Å²) in [5, 5.41) is 18.3. The zero-order valence-corrected chi connectivity index (χ0v) is 10.5. The van der Waals surface area contributed by atoms with Gasteiger partial charge in [-0.15, -0.1) is 0 Å². The molecular formula is C13H21NO4. The van der Waals surface area contributed by atoms with Crippen LogP contribution in [0.4, 0.5) is 0 Å². The van der Waals surface area contributed by atoms with Gasteiger partial charge in [0.05, 0.1) is 5.92 Å². The molecule has 5 heteroatoms. The van der Waals surface area contributed by atoms with Crippen LogP contribution in [0.2, 0.25) is 0 Å². The minimum atomic E-state index is -0.881. The Hall–Kier alpha value is -1.10. The summed E-state index contributed by atoms with van der Waals surface area (Å²) in [6, 6.07) is 0. The number of aliphatic hydroxyl groups is 1. The Morgan fingerprint density at radius 1 is 1.28 bits per heavy atom. The van der Waals surface area contributed by atoms with Crippen molar-refractivity contribution >= 4 is 11.9 Å². The molecule has 5 nitrogen and oxygen atoms in total. The van der Waals surface area contributed by atoms with E-state index < -0.39 is 11.9 Å². The molecule has 0 aromatic carbocycles. The minimum Gasteiger partial charge on any atom is -0.481 e. The molecule has 2 aliphatic rings. The quantitative estimate of drug-likeness (QED) is 0.776. The lowest BCUT2D eigenvalue weighted by atomic mass is 9.79. The van der Waals surface area contributed by atoms with Crippen molar-refractivity contribution in [3.8, 4) is 0 Å². The molecule has 2 N–H and O–H groups in total. The zero-order valence-electron chi connectivity index (χ0n) is 10.5. The average Bonchev–Trinajstić information content (AvgIpc) is 2.72. The summed E-state index contributed by atoms with van der Waals surface area (Å²) < 4.78 is 0. The predicted molar refractivity (Wildman–Crippen MR) is 64.9 cm³/mol. The van der Waals surface area contributed by atoms with Crippen molar-refractivity contribution in [1.82, 2.24) is 4.90 Å². The number of carboxylic acids is 1. The first-order chi connectivity index (χ1) is 8.61. The van der Waals surface area contributed by atoms with Crippen molar-refractivity contribution in [3.63, 3.8) is 0 Å². The van der Waals surface area contributed by atoms with Crippen molar-refractivity contribution in [2.24, 2.45) is 17.8 Å². The monoisotopic (exact) mass is 255 g/mol. The maximum Gasteiger partial charge on any atom is 0.308 e. The predicted octanol–water partition coefficient (Wildman–Crippen LogP) is 0.718. The zero-order chi connectivity index (χ0) is 13.1. The number of carbonyl (C=O) groups is 2. The Morgan fingerprint density at radius 2 is 1.94 bits per heavy atom. The van der Waals surface area contributed by atoms with Gasteiger partial charge in [-0.3, -0.25) is 9.59 Å².